The fourth-order valence-electron chi connectivity index (χ4n) is 2.17. The Bertz CT molecular complexity index is 938. The third-order valence-electron chi connectivity index (χ3n) is 3.28. The smallest absolute Gasteiger partial charge is 0.258 e. The molecular weight excluding hydrogens is 354 g/mol. The molecule has 3 rings (SSSR count). The first-order chi connectivity index (χ1) is 12.0. The minimum Gasteiger partial charge on any atom is -0.302 e. The van der Waals surface area contributed by atoms with E-state index < -0.39 is 0 Å². The lowest BCUT2D eigenvalue weighted by Crippen LogP contribution is -2.13. The average molecular weight is 369 g/mol. The molecule has 25 heavy (non-hydrogen) atoms. The molecule has 3 aromatic rings. The Labute approximate surface area is 153 Å². The maximum atomic E-state index is 12.4. The molecule has 0 fully saturated rings. The van der Waals surface area contributed by atoms with Gasteiger partial charge in [0.25, 0.3) is 5.91 Å². The number of nitrogens with zero attached hydrogens (tertiary/aromatic N) is 4. The van der Waals surface area contributed by atoms with E-state index >= 15 is 0 Å². The Kier molecular flexibility index (Phi) is 5.19. The minimum absolute atomic E-state index is 0.216. The molecule has 0 bridgehead atoms. The van der Waals surface area contributed by atoms with Crippen LogP contribution in [0.25, 0.3) is 10.4 Å². The normalized spacial score (nSPS) is 10.6. The lowest BCUT2D eigenvalue weighted by Gasteiger charge is -2.04. The second-order valence-corrected chi connectivity index (χ2v) is 7.26. The van der Waals surface area contributed by atoms with Crippen LogP contribution >= 0.6 is 22.9 Å². The van der Waals surface area contributed by atoms with Crippen molar-refractivity contribution in [2.45, 2.75) is 6.54 Å². The van der Waals surface area contributed by atoms with Crippen LogP contribution in [0.4, 0.5) is 5.13 Å². The van der Waals surface area contributed by atoms with Crippen molar-refractivity contribution in [1.29, 1.82) is 5.26 Å². The van der Waals surface area contributed by atoms with Crippen LogP contribution in [0.5, 0.6) is 0 Å². The minimum atomic E-state index is -0.216. The summed E-state index contributed by atoms with van der Waals surface area (Å²) in [5.41, 5.74) is 2.08. The largest absolute Gasteiger partial charge is 0.302 e. The highest BCUT2D eigenvalue weighted by atomic mass is 32.1. The summed E-state index contributed by atoms with van der Waals surface area (Å²) in [5, 5.41) is 14.1. The van der Waals surface area contributed by atoms with Gasteiger partial charge in [0.1, 0.15) is 0 Å². The monoisotopic (exact) mass is 369 g/mol. The van der Waals surface area contributed by atoms with Gasteiger partial charge < -0.3 is 4.90 Å². The highest BCUT2D eigenvalue weighted by molar-refractivity contribution is 7.14. The fraction of sp³-hybridized carbons (Fsp3) is 0.176. The van der Waals surface area contributed by atoms with E-state index in [-0.39, 0.29) is 5.91 Å². The summed E-state index contributed by atoms with van der Waals surface area (Å²) in [6.45, 7) is 0.629. The summed E-state index contributed by atoms with van der Waals surface area (Å²) in [4.78, 5) is 19.6. The van der Waals surface area contributed by atoms with Crippen molar-refractivity contribution in [3.8, 4) is 16.5 Å². The Morgan fingerprint density at radius 3 is 2.96 bits per heavy atom. The molecule has 1 N–H and O–H groups in total. The van der Waals surface area contributed by atoms with Gasteiger partial charge in [-0.05, 0) is 37.9 Å². The van der Waals surface area contributed by atoms with Crippen LogP contribution in [-0.4, -0.2) is 34.3 Å². The quantitative estimate of drug-likeness (QED) is 0.745. The van der Waals surface area contributed by atoms with E-state index in [9.17, 15) is 4.79 Å². The number of carbonyl (C=O) groups is 1. The average Bonchev–Trinajstić information content (AvgIpc) is 3.24. The first kappa shape index (κ1) is 17.2. The highest BCUT2D eigenvalue weighted by Crippen LogP contribution is 2.28. The molecule has 126 valence electrons. The van der Waals surface area contributed by atoms with Gasteiger partial charge in [-0.1, -0.05) is 12.1 Å². The molecular formula is C17H15N5OS2. The van der Waals surface area contributed by atoms with Crippen LogP contribution in [0, 0.1) is 11.3 Å². The van der Waals surface area contributed by atoms with Gasteiger partial charge in [-0.15, -0.1) is 11.3 Å². The van der Waals surface area contributed by atoms with Crippen LogP contribution in [0.3, 0.4) is 0 Å². The number of benzene rings is 1. The van der Waals surface area contributed by atoms with Crippen molar-refractivity contribution in [3.63, 3.8) is 0 Å². The van der Waals surface area contributed by atoms with E-state index in [1.807, 2.05) is 43.3 Å². The SMILES string of the molecule is CN(C)Cc1nsc(NC(=O)c2csc(-c3cccc(C#N)c3)c2)n1. The predicted octanol–water partition coefficient (Wildman–Crippen LogP) is 3.45. The van der Waals surface area contributed by atoms with Crippen molar-refractivity contribution in [1.82, 2.24) is 14.3 Å². The van der Waals surface area contributed by atoms with Crippen molar-refractivity contribution >= 4 is 33.9 Å². The third-order valence-corrected chi connectivity index (χ3v) is 4.93. The van der Waals surface area contributed by atoms with Crippen LogP contribution < -0.4 is 5.32 Å². The van der Waals surface area contributed by atoms with Crippen molar-refractivity contribution in [3.05, 3.63) is 52.7 Å². The first-order valence-electron chi connectivity index (χ1n) is 7.43. The summed E-state index contributed by atoms with van der Waals surface area (Å²) in [7, 11) is 3.88. The zero-order chi connectivity index (χ0) is 17.8. The van der Waals surface area contributed by atoms with Crippen LogP contribution in [-0.2, 0) is 6.54 Å². The van der Waals surface area contributed by atoms with Crippen molar-refractivity contribution in [2.24, 2.45) is 0 Å². The summed E-state index contributed by atoms with van der Waals surface area (Å²) >= 11 is 2.64. The molecule has 0 aliphatic rings. The van der Waals surface area contributed by atoms with E-state index in [0.29, 0.717) is 28.6 Å². The van der Waals surface area contributed by atoms with Crippen LogP contribution in [0.2, 0.25) is 0 Å². The molecule has 2 aromatic heterocycles. The van der Waals surface area contributed by atoms with Gasteiger partial charge in [-0.25, -0.2) is 4.98 Å². The molecule has 1 amide bonds. The molecule has 0 radical (unpaired) electrons. The van der Waals surface area contributed by atoms with Gasteiger partial charge in [0.2, 0.25) is 5.13 Å². The van der Waals surface area contributed by atoms with Gasteiger partial charge >= 0.3 is 0 Å². The van der Waals surface area contributed by atoms with Gasteiger partial charge in [-0.3, -0.25) is 10.1 Å². The lowest BCUT2D eigenvalue weighted by atomic mass is 10.1. The van der Waals surface area contributed by atoms with Crippen LogP contribution in [0.15, 0.2) is 35.7 Å². The Balaban J connectivity index is 1.72. The zero-order valence-corrected chi connectivity index (χ0v) is 15.3. The van der Waals surface area contributed by atoms with Crippen molar-refractivity contribution < 1.29 is 4.79 Å². The summed E-state index contributed by atoms with van der Waals surface area (Å²) in [5.74, 6) is 0.469. The standard InChI is InChI=1S/C17H15N5OS2/c1-22(2)9-15-19-17(25-21-15)20-16(23)13-7-14(24-10-13)12-5-3-4-11(6-12)8-18/h3-7,10H,9H2,1-2H3,(H,19,20,21,23). The number of thiophene rings is 1. The van der Waals surface area contributed by atoms with E-state index in [1.165, 1.54) is 22.9 Å². The maximum absolute atomic E-state index is 12.4. The summed E-state index contributed by atoms with van der Waals surface area (Å²) in [6, 6.07) is 11.3. The number of hydrogen-bond acceptors (Lipinski definition) is 7. The van der Waals surface area contributed by atoms with E-state index in [4.69, 9.17) is 5.26 Å². The number of hydrogen-bond donors (Lipinski definition) is 1. The molecule has 2 heterocycles. The number of aromatic nitrogens is 2. The van der Waals surface area contributed by atoms with E-state index in [2.05, 4.69) is 20.7 Å². The van der Waals surface area contributed by atoms with E-state index in [1.54, 1.807) is 11.4 Å². The molecule has 8 heteroatoms. The Morgan fingerprint density at radius 1 is 1.36 bits per heavy atom. The fourth-order valence-corrected chi connectivity index (χ4v) is 3.63. The molecule has 0 spiro atoms. The van der Waals surface area contributed by atoms with Gasteiger partial charge in [0.05, 0.1) is 23.7 Å². The summed E-state index contributed by atoms with van der Waals surface area (Å²) in [6.07, 6.45) is 0. The molecule has 0 atom stereocenters. The Morgan fingerprint density at radius 2 is 2.20 bits per heavy atom. The Hall–Kier alpha value is -2.60. The van der Waals surface area contributed by atoms with Gasteiger partial charge in [0, 0.05) is 21.8 Å². The van der Waals surface area contributed by atoms with E-state index in [0.717, 1.165) is 10.4 Å². The number of nitrogens with one attached hydrogen (secondary N) is 1. The predicted molar refractivity (Wildman–Crippen MR) is 99.7 cm³/mol. The van der Waals surface area contributed by atoms with Gasteiger partial charge in [-0.2, -0.15) is 9.64 Å². The topological polar surface area (TPSA) is 81.9 Å². The number of rotatable bonds is 5. The third kappa shape index (κ3) is 4.28. The molecule has 0 aliphatic heterocycles. The molecule has 1 aromatic carbocycles. The second kappa shape index (κ2) is 7.53. The second-order valence-electron chi connectivity index (χ2n) is 5.60. The maximum Gasteiger partial charge on any atom is 0.258 e. The lowest BCUT2D eigenvalue weighted by molar-refractivity contribution is 0.102. The summed E-state index contributed by atoms with van der Waals surface area (Å²) < 4.78 is 4.22. The number of amides is 1. The van der Waals surface area contributed by atoms with Crippen LogP contribution in [0.1, 0.15) is 21.7 Å². The molecule has 0 unspecified atom stereocenters. The van der Waals surface area contributed by atoms with Crippen molar-refractivity contribution in [2.75, 3.05) is 19.4 Å². The number of carbonyl (C=O) groups excluding carboxylic acids is 1. The number of nitriles is 1. The zero-order valence-electron chi connectivity index (χ0n) is 13.7. The molecule has 0 saturated carbocycles. The highest BCUT2D eigenvalue weighted by Gasteiger charge is 2.13. The molecule has 0 saturated heterocycles. The number of anilines is 1. The van der Waals surface area contributed by atoms with Gasteiger partial charge in [0.15, 0.2) is 5.82 Å². The first-order valence-corrected chi connectivity index (χ1v) is 9.08. The molecule has 0 aliphatic carbocycles. The molecule has 6 nitrogen and oxygen atoms in total.